The molecule has 0 aromatic heterocycles. The molecule has 2 aromatic carbocycles. The lowest BCUT2D eigenvalue weighted by atomic mass is 10.2. The number of ether oxygens (including phenoxy) is 1. The predicted molar refractivity (Wildman–Crippen MR) is 89.2 cm³/mol. The quantitative estimate of drug-likeness (QED) is 0.807. The lowest BCUT2D eigenvalue weighted by Gasteiger charge is -2.17. The Morgan fingerprint density at radius 2 is 1.86 bits per heavy atom. The SMILES string of the molecule is CCc1ccc(OCC(=O)N(C)Cc2cccc(Cl)c2)cc1. The Morgan fingerprint density at radius 3 is 2.50 bits per heavy atom. The minimum absolute atomic E-state index is 0.0303. The van der Waals surface area contributed by atoms with E-state index in [0.717, 1.165) is 12.0 Å². The molecule has 0 N–H and O–H groups in total. The van der Waals surface area contributed by atoms with Gasteiger partial charge >= 0.3 is 0 Å². The van der Waals surface area contributed by atoms with Crippen LogP contribution in [0.15, 0.2) is 48.5 Å². The van der Waals surface area contributed by atoms with Gasteiger partial charge in [0.1, 0.15) is 5.75 Å². The van der Waals surface area contributed by atoms with Crippen LogP contribution in [0.25, 0.3) is 0 Å². The number of aryl methyl sites for hydroxylation is 1. The van der Waals surface area contributed by atoms with E-state index >= 15 is 0 Å². The van der Waals surface area contributed by atoms with Crippen molar-refractivity contribution in [1.82, 2.24) is 4.90 Å². The van der Waals surface area contributed by atoms with E-state index in [1.54, 1.807) is 11.9 Å². The highest BCUT2D eigenvalue weighted by Crippen LogP contribution is 2.14. The molecule has 2 rings (SSSR count). The van der Waals surface area contributed by atoms with E-state index in [1.165, 1.54) is 5.56 Å². The van der Waals surface area contributed by atoms with E-state index in [4.69, 9.17) is 16.3 Å². The van der Waals surface area contributed by atoms with Crippen LogP contribution in [0.3, 0.4) is 0 Å². The highest BCUT2D eigenvalue weighted by atomic mass is 35.5. The topological polar surface area (TPSA) is 29.5 Å². The fourth-order valence-corrected chi connectivity index (χ4v) is 2.29. The van der Waals surface area contributed by atoms with Gasteiger partial charge in [0, 0.05) is 18.6 Å². The van der Waals surface area contributed by atoms with E-state index in [-0.39, 0.29) is 12.5 Å². The second kappa shape index (κ2) is 7.85. The van der Waals surface area contributed by atoms with Gasteiger partial charge < -0.3 is 9.64 Å². The number of carbonyl (C=O) groups is 1. The first-order valence-corrected chi connectivity index (χ1v) is 7.66. The van der Waals surface area contributed by atoms with Crippen molar-refractivity contribution in [3.8, 4) is 5.75 Å². The second-order valence-electron chi connectivity index (χ2n) is 5.17. The summed E-state index contributed by atoms with van der Waals surface area (Å²) in [6.45, 7) is 2.64. The van der Waals surface area contributed by atoms with Crippen LogP contribution in [0.5, 0.6) is 5.75 Å². The van der Waals surface area contributed by atoms with Gasteiger partial charge in [-0.3, -0.25) is 4.79 Å². The number of amides is 1. The zero-order valence-corrected chi connectivity index (χ0v) is 13.6. The van der Waals surface area contributed by atoms with Crippen LogP contribution in [0.4, 0.5) is 0 Å². The minimum Gasteiger partial charge on any atom is -0.484 e. The normalized spacial score (nSPS) is 10.3. The molecule has 0 spiro atoms. The molecule has 0 bridgehead atoms. The summed E-state index contributed by atoms with van der Waals surface area (Å²) < 4.78 is 5.53. The summed E-state index contributed by atoms with van der Waals surface area (Å²) in [5.41, 5.74) is 2.24. The molecule has 22 heavy (non-hydrogen) atoms. The number of halogens is 1. The van der Waals surface area contributed by atoms with Crippen molar-refractivity contribution in [1.29, 1.82) is 0 Å². The van der Waals surface area contributed by atoms with Gasteiger partial charge in [0.2, 0.25) is 0 Å². The van der Waals surface area contributed by atoms with E-state index in [1.807, 2.05) is 48.5 Å². The number of carbonyl (C=O) groups excluding carboxylic acids is 1. The van der Waals surface area contributed by atoms with E-state index < -0.39 is 0 Å². The Hall–Kier alpha value is -2.00. The van der Waals surface area contributed by atoms with Crippen molar-refractivity contribution in [3.63, 3.8) is 0 Å². The Labute approximate surface area is 136 Å². The molecule has 0 unspecified atom stereocenters. The van der Waals surface area contributed by atoms with Gasteiger partial charge in [0.05, 0.1) is 0 Å². The summed E-state index contributed by atoms with van der Waals surface area (Å²) in [5, 5.41) is 0.672. The third kappa shape index (κ3) is 4.78. The first kappa shape index (κ1) is 16.4. The fourth-order valence-electron chi connectivity index (χ4n) is 2.07. The molecule has 0 radical (unpaired) electrons. The Balaban J connectivity index is 1.85. The molecule has 0 saturated carbocycles. The van der Waals surface area contributed by atoms with Crippen molar-refractivity contribution in [2.45, 2.75) is 19.9 Å². The van der Waals surface area contributed by atoms with Crippen LogP contribution in [-0.2, 0) is 17.8 Å². The van der Waals surface area contributed by atoms with Crippen LogP contribution in [0.2, 0.25) is 5.02 Å². The molecule has 0 fully saturated rings. The third-order valence-corrected chi connectivity index (χ3v) is 3.66. The van der Waals surface area contributed by atoms with Crippen molar-refractivity contribution >= 4 is 17.5 Å². The van der Waals surface area contributed by atoms with Crippen LogP contribution in [0, 0.1) is 0 Å². The van der Waals surface area contributed by atoms with Gasteiger partial charge in [0.25, 0.3) is 5.91 Å². The number of rotatable bonds is 6. The average molecular weight is 318 g/mol. The molecule has 0 aliphatic rings. The standard InChI is InChI=1S/C18H20ClNO2/c1-3-14-7-9-17(10-8-14)22-13-18(21)20(2)12-15-5-4-6-16(19)11-15/h4-11H,3,12-13H2,1-2H3. The molecular formula is C18H20ClNO2. The summed E-state index contributed by atoms with van der Waals surface area (Å²) >= 11 is 5.95. The molecule has 0 saturated heterocycles. The molecular weight excluding hydrogens is 298 g/mol. The van der Waals surface area contributed by atoms with Crippen molar-refractivity contribution in [2.75, 3.05) is 13.7 Å². The van der Waals surface area contributed by atoms with Gasteiger partial charge in [-0.05, 0) is 41.8 Å². The first-order valence-electron chi connectivity index (χ1n) is 7.28. The first-order chi connectivity index (χ1) is 10.6. The van der Waals surface area contributed by atoms with E-state index in [0.29, 0.717) is 17.3 Å². The number of hydrogen-bond acceptors (Lipinski definition) is 2. The maximum absolute atomic E-state index is 12.1. The number of nitrogens with zero attached hydrogens (tertiary/aromatic N) is 1. The maximum Gasteiger partial charge on any atom is 0.260 e. The molecule has 0 aliphatic heterocycles. The van der Waals surface area contributed by atoms with Gasteiger partial charge in [-0.15, -0.1) is 0 Å². The van der Waals surface area contributed by atoms with E-state index in [2.05, 4.69) is 6.92 Å². The smallest absolute Gasteiger partial charge is 0.260 e. The van der Waals surface area contributed by atoms with Crippen molar-refractivity contribution in [2.24, 2.45) is 0 Å². The Bertz CT molecular complexity index is 625. The van der Waals surface area contributed by atoms with Crippen LogP contribution < -0.4 is 4.74 Å². The number of benzene rings is 2. The lowest BCUT2D eigenvalue weighted by Crippen LogP contribution is -2.30. The summed E-state index contributed by atoms with van der Waals surface area (Å²) in [7, 11) is 1.76. The number of hydrogen-bond donors (Lipinski definition) is 0. The maximum atomic E-state index is 12.1. The zero-order chi connectivity index (χ0) is 15.9. The molecule has 0 heterocycles. The minimum atomic E-state index is -0.0699. The average Bonchev–Trinajstić information content (AvgIpc) is 2.53. The lowest BCUT2D eigenvalue weighted by molar-refractivity contribution is -0.132. The van der Waals surface area contributed by atoms with Crippen molar-refractivity contribution < 1.29 is 9.53 Å². The summed E-state index contributed by atoms with van der Waals surface area (Å²) in [4.78, 5) is 13.7. The zero-order valence-electron chi connectivity index (χ0n) is 12.9. The highest BCUT2D eigenvalue weighted by molar-refractivity contribution is 6.30. The van der Waals surface area contributed by atoms with Crippen LogP contribution in [-0.4, -0.2) is 24.5 Å². The number of likely N-dealkylation sites (N-methyl/N-ethyl adjacent to an activating group) is 1. The predicted octanol–water partition coefficient (Wildman–Crippen LogP) is 3.94. The summed E-state index contributed by atoms with van der Waals surface area (Å²) in [6.07, 6.45) is 0.988. The molecule has 1 amide bonds. The van der Waals surface area contributed by atoms with E-state index in [9.17, 15) is 4.79 Å². The summed E-state index contributed by atoms with van der Waals surface area (Å²) in [6, 6.07) is 15.3. The molecule has 0 atom stereocenters. The molecule has 3 nitrogen and oxygen atoms in total. The highest BCUT2D eigenvalue weighted by Gasteiger charge is 2.10. The Kier molecular flexibility index (Phi) is 5.84. The molecule has 0 aliphatic carbocycles. The molecule has 116 valence electrons. The third-order valence-electron chi connectivity index (χ3n) is 3.43. The van der Waals surface area contributed by atoms with Gasteiger partial charge in [-0.25, -0.2) is 0 Å². The van der Waals surface area contributed by atoms with Crippen LogP contribution >= 0.6 is 11.6 Å². The van der Waals surface area contributed by atoms with Crippen LogP contribution in [0.1, 0.15) is 18.1 Å². The summed E-state index contributed by atoms with van der Waals surface area (Å²) in [5.74, 6) is 0.640. The second-order valence-corrected chi connectivity index (χ2v) is 5.60. The van der Waals surface area contributed by atoms with Gasteiger partial charge in [-0.2, -0.15) is 0 Å². The van der Waals surface area contributed by atoms with Gasteiger partial charge in [-0.1, -0.05) is 42.8 Å². The largest absolute Gasteiger partial charge is 0.484 e. The van der Waals surface area contributed by atoms with Crippen molar-refractivity contribution in [3.05, 3.63) is 64.7 Å². The van der Waals surface area contributed by atoms with Gasteiger partial charge in [0.15, 0.2) is 6.61 Å². The monoisotopic (exact) mass is 317 g/mol. The fraction of sp³-hybridized carbons (Fsp3) is 0.278. The Morgan fingerprint density at radius 1 is 1.14 bits per heavy atom. The molecule has 4 heteroatoms. The molecule has 2 aromatic rings.